The van der Waals surface area contributed by atoms with Crippen LogP contribution in [-0.4, -0.2) is 17.0 Å². The van der Waals surface area contributed by atoms with E-state index in [1.54, 1.807) is 6.08 Å². The molecule has 0 aliphatic heterocycles. The molecule has 1 heterocycles. The molecule has 0 atom stereocenters. The minimum absolute atomic E-state index is 0.000509. The summed E-state index contributed by atoms with van der Waals surface area (Å²) < 4.78 is 3.03. The van der Waals surface area contributed by atoms with Gasteiger partial charge in [-0.1, -0.05) is 6.08 Å². The molecule has 1 aliphatic carbocycles. The smallest absolute Gasteiger partial charge is 0.267 e. The Labute approximate surface area is 104 Å². The summed E-state index contributed by atoms with van der Waals surface area (Å²) in [6.45, 7) is 4.27. The Kier molecular flexibility index (Phi) is 3.49. The molecule has 1 amide bonds. The number of halogens is 1. The Hall–Kier alpha value is -1.03. The van der Waals surface area contributed by atoms with Gasteiger partial charge < -0.3 is 9.88 Å². The van der Waals surface area contributed by atoms with E-state index in [9.17, 15) is 4.79 Å². The second kappa shape index (κ2) is 4.87. The van der Waals surface area contributed by atoms with Gasteiger partial charge in [-0.2, -0.15) is 0 Å². The van der Waals surface area contributed by atoms with Crippen molar-refractivity contribution < 1.29 is 4.79 Å². The Balaban J connectivity index is 2.06. The van der Waals surface area contributed by atoms with Crippen molar-refractivity contribution >= 4 is 21.8 Å². The monoisotopic (exact) mass is 282 g/mol. The van der Waals surface area contributed by atoms with Gasteiger partial charge in [0.05, 0.1) is 0 Å². The fraction of sp³-hybridized carbons (Fsp3) is 0.417. The molecule has 0 bridgehead atoms. The Morgan fingerprint density at radius 1 is 1.69 bits per heavy atom. The first-order valence-corrected chi connectivity index (χ1v) is 6.28. The molecular weight excluding hydrogens is 268 g/mol. The number of amides is 1. The second-order valence-electron chi connectivity index (χ2n) is 4.02. The first-order chi connectivity index (χ1) is 7.72. The molecule has 86 valence electrons. The molecule has 16 heavy (non-hydrogen) atoms. The van der Waals surface area contributed by atoms with Crippen LogP contribution in [0.2, 0.25) is 0 Å². The van der Waals surface area contributed by atoms with Gasteiger partial charge in [-0.3, -0.25) is 4.79 Å². The summed E-state index contributed by atoms with van der Waals surface area (Å²) in [5, 5.41) is 2.88. The van der Waals surface area contributed by atoms with Gasteiger partial charge in [-0.15, -0.1) is 6.58 Å². The molecule has 1 fully saturated rings. The highest BCUT2D eigenvalue weighted by Crippen LogP contribution is 2.37. The molecule has 2 rings (SSSR count). The molecule has 1 saturated carbocycles. The van der Waals surface area contributed by atoms with E-state index in [4.69, 9.17) is 0 Å². The summed E-state index contributed by atoms with van der Waals surface area (Å²) in [5.41, 5.74) is 0.749. The number of carbonyl (C=O) groups excluding carboxylic acids is 1. The lowest BCUT2D eigenvalue weighted by Crippen LogP contribution is -2.26. The van der Waals surface area contributed by atoms with E-state index >= 15 is 0 Å². The second-order valence-corrected chi connectivity index (χ2v) is 4.93. The van der Waals surface area contributed by atoms with E-state index in [1.807, 2.05) is 12.3 Å². The quantitative estimate of drug-likeness (QED) is 0.654. The molecule has 1 aromatic rings. The van der Waals surface area contributed by atoms with E-state index < -0.39 is 0 Å². The van der Waals surface area contributed by atoms with E-state index in [-0.39, 0.29) is 5.91 Å². The molecule has 1 aromatic heterocycles. The predicted octanol–water partition coefficient (Wildman–Crippen LogP) is 2.89. The van der Waals surface area contributed by atoms with Crippen molar-refractivity contribution in [1.29, 1.82) is 0 Å². The van der Waals surface area contributed by atoms with Gasteiger partial charge in [-0.25, -0.2) is 0 Å². The van der Waals surface area contributed by atoms with Crippen LogP contribution in [-0.2, 0) is 0 Å². The Bertz CT molecular complexity index is 407. The molecule has 4 heteroatoms. The van der Waals surface area contributed by atoms with Crippen LogP contribution < -0.4 is 5.32 Å². The van der Waals surface area contributed by atoms with Crippen molar-refractivity contribution in [1.82, 2.24) is 9.88 Å². The number of nitrogens with one attached hydrogen (secondary N) is 1. The fourth-order valence-corrected chi connectivity index (χ4v) is 2.10. The maximum Gasteiger partial charge on any atom is 0.267 e. The highest BCUT2D eigenvalue weighted by molar-refractivity contribution is 9.10. The standard InChI is InChI=1S/C12H15BrN2O/c1-2-3-6-14-12(16)11-7-9(13)8-15(11)10-4-5-10/h2,7-8,10H,1,3-6H2,(H,14,16). The maximum atomic E-state index is 11.9. The van der Waals surface area contributed by atoms with Crippen LogP contribution in [0.1, 0.15) is 35.8 Å². The predicted molar refractivity (Wildman–Crippen MR) is 67.6 cm³/mol. The van der Waals surface area contributed by atoms with Gasteiger partial charge in [0, 0.05) is 23.3 Å². The van der Waals surface area contributed by atoms with E-state index in [1.165, 1.54) is 12.8 Å². The Morgan fingerprint density at radius 2 is 2.44 bits per heavy atom. The summed E-state index contributed by atoms with van der Waals surface area (Å²) in [6.07, 6.45) is 6.94. The van der Waals surface area contributed by atoms with Crippen molar-refractivity contribution in [2.24, 2.45) is 0 Å². The highest BCUT2D eigenvalue weighted by atomic mass is 79.9. The van der Waals surface area contributed by atoms with Crippen LogP contribution in [0.25, 0.3) is 0 Å². The third-order valence-corrected chi connectivity index (χ3v) is 3.06. The molecule has 0 radical (unpaired) electrons. The van der Waals surface area contributed by atoms with Crippen molar-refractivity contribution in [3.05, 3.63) is 35.1 Å². The van der Waals surface area contributed by atoms with Crippen LogP contribution in [0.5, 0.6) is 0 Å². The molecule has 0 unspecified atom stereocenters. The average Bonchev–Trinajstić information content (AvgIpc) is 3.02. The van der Waals surface area contributed by atoms with Gasteiger partial charge in [0.15, 0.2) is 0 Å². The van der Waals surface area contributed by atoms with Gasteiger partial charge in [0.1, 0.15) is 5.69 Å². The van der Waals surface area contributed by atoms with Crippen LogP contribution >= 0.6 is 15.9 Å². The lowest BCUT2D eigenvalue weighted by Gasteiger charge is -2.07. The highest BCUT2D eigenvalue weighted by Gasteiger charge is 2.27. The number of hydrogen-bond donors (Lipinski definition) is 1. The van der Waals surface area contributed by atoms with Gasteiger partial charge in [-0.05, 0) is 41.3 Å². The molecule has 0 aromatic carbocycles. The molecule has 1 aliphatic rings. The first-order valence-electron chi connectivity index (χ1n) is 5.49. The summed E-state index contributed by atoms with van der Waals surface area (Å²) in [4.78, 5) is 11.9. The third kappa shape index (κ3) is 2.55. The first kappa shape index (κ1) is 11.5. The van der Waals surface area contributed by atoms with Crippen LogP contribution in [0.15, 0.2) is 29.4 Å². The van der Waals surface area contributed by atoms with Crippen molar-refractivity contribution in [2.45, 2.75) is 25.3 Å². The van der Waals surface area contributed by atoms with Gasteiger partial charge >= 0.3 is 0 Å². The SMILES string of the molecule is C=CCCNC(=O)c1cc(Br)cn1C1CC1. The average molecular weight is 283 g/mol. The minimum Gasteiger partial charge on any atom is -0.350 e. The topological polar surface area (TPSA) is 34.0 Å². The lowest BCUT2D eigenvalue weighted by molar-refractivity contribution is 0.0945. The molecule has 1 N–H and O–H groups in total. The summed E-state index contributed by atoms with van der Waals surface area (Å²) in [5.74, 6) is -0.000509. The zero-order valence-electron chi connectivity index (χ0n) is 9.08. The zero-order chi connectivity index (χ0) is 11.5. The van der Waals surface area contributed by atoms with Crippen LogP contribution in [0.4, 0.5) is 0 Å². The van der Waals surface area contributed by atoms with Crippen molar-refractivity contribution in [3.63, 3.8) is 0 Å². The van der Waals surface area contributed by atoms with E-state index in [2.05, 4.69) is 32.4 Å². The summed E-state index contributed by atoms with van der Waals surface area (Å²) in [6, 6.07) is 2.40. The molecule has 0 saturated heterocycles. The number of carbonyl (C=O) groups is 1. The number of rotatable bonds is 5. The molecular formula is C12H15BrN2O. The summed E-state index contributed by atoms with van der Waals surface area (Å²) in [7, 11) is 0. The van der Waals surface area contributed by atoms with Crippen LogP contribution in [0, 0.1) is 0 Å². The third-order valence-electron chi connectivity index (χ3n) is 2.62. The van der Waals surface area contributed by atoms with E-state index in [0.29, 0.717) is 12.6 Å². The fourth-order valence-electron chi connectivity index (χ4n) is 1.66. The number of hydrogen-bond acceptors (Lipinski definition) is 1. The van der Waals surface area contributed by atoms with Crippen molar-refractivity contribution in [2.75, 3.05) is 6.54 Å². The molecule has 3 nitrogen and oxygen atoms in total. The zero-order valence-corrected chi connectivity index (χ0v) is 10.7. The van der Waals surface area contributed by atoms with E-state index in [0.717, 1.165) is 16.6 Å². The maximum absolute atomic E-state index is 11.9. The summed E-state index contributed by atoms with van der Waals surface area (Å²) >= 11 is 3.41. The Morgan fingerprint density at radius 3 is 3.06 bits per heavy atom. The lowest BCUT2D eigenvalue weighted by atomic mass is 10.3. The minimum atomic E-state index is -0.000509. The van der Waals surface area contributed by atoms with Crippen molar-refractivity contribution in [3.8, 4) is 0 Å². The number of nitrogens with zero attached hydrogens (tertiary/aromatic N) is 1. The normalized spacial score (nSPS) is 14.8. The van der Waals surface area contributed by atoms with Gasteiger partial charge in [0.25, 0.3) is 5.91 Å². The van der Waals surface area contributed by atoms with Gasteiger partial charge in [0.2, 0.25) is 0 Å². The largest absolute Gasteiger partial charge is 0.350 e. The molecule has 0 spiro atoms. The number of aromatic nitrogens is 1. The van der Waals surface area contributed by atoms with Crippen LogP contribution in [0.3, 0.4) is 0 Å².